The van der Waals surface area contributed by atoms with Gasteiger partial charge in [0.15, 0.2) is 0 Å². The second-order valence-electron chi connectivity index (χ2n) is 4.76. The van der Waals surface area contributed by atoms with Crippen molar-refractivity contribution in [2.45, 2.75) is 25.0 Å². The molecule has 0 saturated carbocycles. The van der Waals surface area contributed by atoms with E-state index in [1.807, 2.05) is 0 Å². The molecule has 0 unspecified atom stereocenters. The number of hydrogen-bond donors (Lipinski definition) is 4. The number of hydrogen-bond acceptors (Lipinski definition) is 5. The van der Waals surface area contributed by atoms with Crippen LogP contribution in [-0.4, -0.2) is 56.5 Å². The fraction of sp³-hybridized carbons (Fsp3) is 0.462. The normalized spacial score (nSPS) is 23.6. The average molecular weight is 267 g/mol. The quantitative estimate of drug-likeness (QED) is 0.620. The van der Waals surface area contributed by atoms with E-state index in [0.29, 0.717) is 25.1 Å². The summed E-state index contributed by atoms with van der Waals surface area (Å²) >= 11 is 0. The number of nitrogens with zero attached hydrogens (tertiary/aromatic N) is 1. The van der Waals surface area contributed by atoms with Gasteiger partial charge in [-0.05, 0) is 18.6 Å². The van der Waals surface area contributed by atoms with Crippen LogP contribution in [0.5, 0.6) is 11.5 Å². The van der Waals surface area contributed by atoms with Crippen LogP contribution in [0.25, 0.3) is 0 Å². The van der Waals surface area contributed by atoms with Gasteiger partial charge in [-0.15, -0.1) is 0 Å². The van der Waals surface area contributed by atoms with Crippen molar-refractivity contribution in [2.75, 3.05) is 13.1 Å². The molecule has 6 nitrogen and oxygen atoms in total. The largest absolute Gasteiger partial charge is 0.508 e. The van der Waals surface area contributed by atoms with Gasteiger partial charge in [0, 0.05) is 25.1 Å². The Balaban J connectivity index is 2.04. The molecule has 4 N–H and O–H groups in total. The van der Waals surface area contributed by atoms with Gasteiger partial charge in [0.25, 0.3) is 0 Å². The van der Waals surface area contributed by atoms with Crippen molar-refractivity contribution < 1.29 is 25.2 Å². The van der Waals surface area contributed by atoms with E-state index < -0.39 is 18.1 Å². The van der Waals surface area contributed by atoms with E-state index in [2.05, 4.69) is 0 Å². The monoisotopic (exact) mass is 267 g/mol. The second-order valence-corrected chi connectivity index (χ2v) is 4.76. The molecule has 2 atom stereocenters. The van der Waals surface area contributed by atoms with E-state index in [-0.39, 0.29) is 17.9 Å². The van der Waals surface area contributed by atoms with E-state index in [1.165, 1.54) is 18.2 Å². The Labute approximate surface area is 110 Å². The maximum absolute atomic E-state index is 11.1. The molecule has 1 aromatic rings. The highest BCUT2D eigenvalue weighted by molar-refractivity contribution is 5.74. The van der Waals surface area contributed by atoms with Gasteiger partial charge >= 0.3 is 5.97 Å². The lowest BCUT2D eigenvalue weighted by molar-refractivity contribution is -0.142. The molecule has 1 aliphatic rings. The minimum atomic E-state index is -0.960. The lowest BCUT2D eigenvalue weighted by atomic mass is 10.1. The summed E-state index contributed by atoms with van der Waals surface area (Å²) in [6, 6.07) is 3.78. The summed E-state index contributed by atoms with van der Waals surface area (Å²) in [5.74, 6) is -0.976. The highest BCUT2D eigenvalue weighted by Gasteiger charge is 2.35. The molecule has 2 rings (SSSR count). The molecule has 1 aromatic carbocycles. The molecule has 1 aliphatic heterocycles. The predicted octanol–water partition coefficient (Wildman–Crippen LogP) is 0.160. The number of β-amino-alcohol motifs (C(OH)–C–C–N with tert-alkyl or cyclic N) is 1. The molecule has 0 bridgehead atoms. The second kappa shape index (κ2) is 5.46. The zero-order valence-corrected chi connectivity index (χ0v) is 10.4. The van der Waals surface area contributed by atoms with E-state index in [0.717, 1.165) is 0 Å². The molecular weight excluding hydrogens is 250 g/mol. The Hall–Kier alpha value is -1.79. The number of aromatic hydroxyl groups is 2. The highest BCUT2D eigenvalue weighted by Crippen LogP contribution is 2.28. The number of likely N-dealkylation sites (tertiary alicyclic amines) is 1. The van der Waals surface area contributed by atoms with Crippen LogP contribution in [0.3, 0.4) is 0 Å². The highest BCUT2D eigenvalue weighted by atomic mass is 16.4. The van der Waals surface area contributed by atoms with Crippen molar-refractivity contribution in [1.82, 2.24) is 4.90 Å². The number of phenolic OH excluding ortho intramolecular Hbond substituents is 2. The number of rotatable bonds is 4. The summed E-state index contributed by atoms with van der Waals surface area (Å²) in [4.78, 5) is 12.7. The van der Waals surface area contributed by atoms with Gasteiger partial charge in [0.05, 0.1) is 6.10 Å². The average Bonchev–Trinajstić information content (AvgIpc) is 2.70. The van der Waals surface area contributed by atoms with Crippen LogP contribution in [0.2, 0.25) is 0 Å². The van der Waals surface area contributed by atoms with Gasteiger partial charge in [-0.2, -0.15) is 0 Å². The van der Waals surface area contributed by atoms with Crippen LogP contribution >= 0.6 is 0 Å². The third-order valence-corrected chi connectivity index (χ3v) is 3.44. The molecular formula is C13H17NO5. The summed E-state index contributed by atoms with van der Waals surface area (Å²) in [5, 5.41) is 37.9. The standard InChI is InChI=1S/C13H17NO5/c15-8-6-10(13(18)19)14(7-8)5-4-9-11(16)2-1-3-12(9)17/h1-3,8,10,15-17H,4-7H2,(H,18,19)/t8-,10+/m1/s1. The van der Waals surface area contributed by atoms with Crippen molar-refractivity contribution in [3.63, 3.8) is 0 Å². The Morgan fingerprint density at radius 3 is 2.53 bits per heavy atom. The first-order valence-corrected chi connectivity index (χ1v) is 6.13. The van der Waals surface area contributed by atoms with Gasteiger partial charge in [0.2, 0.25) is 0 Å². The number of carbonyl (C=O) groups is 1. The van der Waals surface area contributed by atoms with Crippen molar-refractivity contribution in [3.05, 3.63) is 23.8 Å². The van der Waals surface area contributed by atoms with Crippen LogP contribution < -0.4 is 0 Å². The molecule has 1 saturated heterocycles. The van der Waals surface area contributed by atoms with Gasteiger partial charge in [-0.1, -0.05) is 6.07 Å². The number of aliphatic hydroxyl groups excluding tert-OH is 1. The zero-order chi connectivity index (χ0) is 14.0. The number of benzene rings is 1. The third-order valence-electron chi connectivity index (χ3n) is 3.44. The molecule has 0 aliphatic carbocycles. The number of aliphatic carboxylic acids is 1. The number of aliphatic hydroxyl groups is 1. The van der Waals surface area contributed by atoms with Crippen molar-refractivity contribution >= 4 is 5.97 Å². The first-order valence-electron chi connectivity index (χ1n) is 6.13. The van der Waals surface area contributed by atoms with Crippen LogP contribution in [-0.2, 0) is 11.2 Å². The summed E-state index contributed by atoms with van der Waals surface area (Å²) in [6.07, 6.45) is -0.101. The van der Waals surface area contributed by atoms with Crippen LogP contribution in [0, 0.1) is 0 Å². The molecule has 6 heteroatoms. The third kappa shape index (κ3) is 2.97. The first kappa shape index (κ1) is 13.6. The molecule has 0 radical (unpaired) electrons. The van der Waals surface area contributed by atoms with Gasteiger partial charge < -0.3 is 20.4 Å². The van der Waals surface area contributed by atoms with E-state index in [1.54, 1.807) is 4.90 Å². The fourth-order valence-electron chi connectivity index (χ4n) is 2.46. The number of carboxylic acids is 1. The fourth-order valence-corrected chi connectivity index (χ4v) is 2.46. The van der Waals surface area contributed by atoms with Crippen molar-refractivity contribution in [1.29, 1.82) is 0 Å². The minimum absolute atomic E-state index is 0.00776. The summed E-state index contributed by atoms with van der Waals surface area (Å²) in [7, 11) is 0. The zero-order valence-electron chi connectivity index (χ0n) is 10.4. The molecule has 0 aromatic heterocycles. The van der Waals surface area contributed by atoms with Gasteiger partial charge in [-0.25, -0.2) is 0 Å². The first-order chi connectivity index (χ1) is 8.99. The topological polar surface area (TPSA) is 101 Å². The predicted molar refractivity (Wildman–Crippen MR) is 67.1 cm³/mol. The Morgan fingerprint density at radius 1 is 1.32 bits per heavy atom. The molecule has 0 spiro atoms. The van der Waals surface area contributed by atoms with Crippen LogP contribution in [0.4, 0.5) is 0 Å². The number of phenols is 2. The SMILES string of the molecule is O=C(O)[C@@H]1C[C@@H](O)CN1CCc1c(O)cccc1O. The molecule has 1 fully saturated rings. The maximum atomic E-state index is 11.1. The molecule has 0 amide bonds. The smallest absolute Gasteiger partial charge is 0.321 e. The van der Waals surface area contributed by atoms with Crippen molar-refractivity contribution in [3.8, 4) is 11.5 Å². The lowest BCUT2D eigenvalue weighted by Crippen LogP contribution is -2.37. The molecule has 19 heavy (non-hydrogen) atoms. The Morgan fingerprint density at radius 2 is 1.95 bits per heavy atom. The summed E-state index contributed by atoms with van der Waals surface area (Å²) in [6.45, 7) is 0.657. The number of carboxylic acid groups (broad SMARTS) is 1. The summed E-state index contributed by atoms with van der Waals surface area (Å²) < 4.78 is 0. The van der Waals surface area contributed by atoms with Crippen LogP contribution in [0.15, 0.2) is 18.2 Å². The van der Waals surface area contributed by atoms with Gasteiger partial charge in [0.1, 0.15) is 17.5 Å². The molecule has 104 valence electrons. The maximum Gasteiger partial charge on any atom is 0.321 e. The van der Waals surface area contributed by atoms with Gasteiger partial charge in [-0.3, -0.25) is 9.69 Å². The van der Waals surface area contributed by atoms with Crippen LogP contribution in [0.1, 0.15) is 12.0 Å². The van der Waals surface area contributed by atoms with E-state index in [9.17, 15) is 20.1 Å². The Kier molecular flexibility index (Phi) is 3.92. The van der Waals surface area contributed by atoms with Crippen molar-refractivity contribution in [2.24, 2.45) is 0 Å². The Bertz CT molecular complexity index is 456. The van der Waals surface area contributed by atoms with E-state index in [4.69, 9.17) is 5.11 Å². The minimum Gasteiger partial charge on any atom is -0.508 e. The summed E-state index contributed by atoms with van der Waals surface area (Å²) in [5.41, 5.74) is 0.396. The molecule has 1 heterocycles. The lowest BCUT2D eigenvalue weighted by Gasteiger charge is -2.21. The van der Waals surface area contributed by atoms with E-state index >= 15 is 0 Å².